The molecule has 370 valence electrons. The van der Waals surface area contributed by atoms with Gasteiger partial charge >= 0.3 is 272 Å². The molecular weight excluding hydrogens is 1020 g/mol. The van der Waals surface area contributed by atoms with Crippen LogP contribution in [0.1, 0.15) is 0 Å². The first-order valence-electron chi connectivity index (χ1n) is 26.4. The first-order chi connectivity index (χ1) is 38.5. The third-order valence-electron chi connectivity index (χ3n) is 15.6. The molecule has 0 aliphatic heterocycles. The van der Waals surface area contributed by atoms with E-state index in [0.29, 0.717) is 0 Å². The molecule has 3 nitrogen and oxygen atoms in total. The second-order valence-electron chi connectivity index (χ2n) is 19.9. The summed E-state index contributed by atoms with van der Waals surface area (Å²) in [6.07, 6.45) is 0. The Morgan fingerprint density at radius 1 is 0.256 bits per heavy atom. The number of aromatic nitrogens is 2. The average molecular weight is 1070 g/mol. The number of hydrogen-bond acceptors (Lipinski definition) is 1. The summed E-state index contributed by atoms with van der Waals surface area (Å²) in [6, 6.07) is 104. The number of para-hydroxylation sites is 1. The molecule has 0 aliphatic carbocycles. The second kappa shape index (κ2) is 19.5. The van der Waals surface area contributed by atoms with Crippen molar-refractivity contribution in [1.82, 2.24) is 9.13 Å². The fraction of sp³-hybridized carbons (Fsp3) is 0. The van der Waals surface area contributed by atoms with Crippen LogP contribution in [0.2, 0.25) is 0 Å². The SMILES string of the molecule is Fc1ccc(-n2c3ccccc3c3cc(N(c4ccc(-c5ccccc5)cc4)c4ccc5c(c4)c4cc(-c6cc[c]([Ge]([c]7ccccc7)([c]7ccccc7)[c]7ccccc7)cc6)ccc4n5-c4ccc(F)cc4)ccc32)cc1. The molecule has 2 heterocycles. The summed E-state index contributed by atoms with van der Waals surface area (Å²) in [5.74, 6) is -0.548. The molecular formula is C72H49F2GeN3. The van der Waals surface area contributed by atoms with Crippen molar-refractivity contribution >= 4 is 91.5 Å². The van der Waals surface area contributed by atoms with Gasteiger partial charge in [-0.1, -0.05) is 60.7 Å². The zero-order valence-electron chi connectivity index (χ0n) is 42.4. The Bertz CT molecular complexity index is 4370. The minimum absolute atomic E-state index is 0.269. The Morgan fingerprint density at radius 3 is 1.12 bits per heavy atom. The van der Waals surface area contributed by atoms with Gasteiger partial charge in [-0.15, -0.1) is 0 Å². The Labute approximate surface area is 454 Å². The van der Waals surface area contributed by atoms with Crippen LogP contribution in [0.3, 0.4) is 0 Å². The summed E-state index contributed by atoms with van der Waals surface area (Å²) >= 11 is -3.49. The molecule has 6 heteroatoms. The molecule has 0 amide bonds. The Kier molecular flexibility index (Phi) is 11.8. The maximum absolute atomic E-state index is 14.6. The van der Waals surface area contributed by atoms with Crippen LogP contribution in [0.5, 0.6) is 0 Å². The zero-order valence-corrected chi connectivity index (χ0v) is 44.5. The molecule has 0 atom stereocenters. The Morgan fingerprint density at radius 2 is 0.603 bits per heavy atom. The molecule has 14 aromatic rings. The van der Waals surface area contributed by atoms with E-state index in [4.69, 9.17) is 0 Å². The first-order valence-corrected chi connectivity index (χ1v) is 30.6. The first kappa shape index (κ1) is 46.9. The van der Waals surface area contributed by atoms with Crippen LogP contribution in [0.25, 0.3) is 77.2 Å². The third kappa shape index (κ3) is 8.01. The molecule has 0 radical (unpaired) electrons. The van der Waals surface area contributed by atoms with E-state index in [2.05, 4.69) is 257 Å². The van der Waals surface area contributed by atoms with Crippen molar-refractivity contribution in [2.45, 2.75) is 0 Å². The maximum atomic E-state index is 14.6. The number of benzene rings is 12. The normalized spacial score (nSPS) is 11.7. The monoisotopic (exact) mass is 1070 g/mol. The van der Waals surface area contributed by atoms with Crippen molar-refractivity contribution in [2.24, 2.45) is 0 Å². The maximum Gasteiger partial charge on any atom is 0.0542 e. The van der Waals surface area contributed by atoms with Crippen molar-refractivity contribution in [3.05, 3.63) is 309 Å². The topological polar surface area (TPSA) is 13.1 Å². The van der Waals surface area contributed by atoms with E-state index < -0.39 is 13.3 Å². The van der Waals surface area contributed by atoms with Crippen LogP contribution in [-0.2, 0) is 0 Å². The standard InChI is InChI=1S/C72H49F2GeN3/c73-54-30-38-61(39-31-54)77-69-24-14-13-23-65(69)67-48-63(42-45-71(67)77)76(60-36-27-51(28-37-60)50-15-5-1-6-16-50)64-43-46-72-68(49-64)66-47-53(29-44-70(66)78(72)62-40-32-55(74)33-41-62)52-25-34-59(35-26-52)75(56-17-7-2-8-18-56,57-19-9-3-10-20-57)58-21-11-4-12-22-58/h1-49H. The smallest absolute Gasteiger partial charge is 0.0359 e. The van der Waals surface area contributed by atoms with Crippen LogP contribution in [0.4, 0.5) is 25.8 Å². The predicted octanol–water partition coefficient (Wildman–Crippen LogP) is 16.3. The summed E-state index contributed by atoms with van der Waals surface area (Å²) in [5.41, 5.74) is 13.3. The molecule has 0 spiro atoms. The van der Waals surface area contributed by atoms with Crippen LogP contribution >= 0.6 is 0 Å². The number of anilines is 3. The van der Waals surface area contributed by atoms with Crippen molar-refractivity contribution in [3.8, 4) is 33.6 Å². The number of hydrogen-bond donors (Lipinski definition) is 0. The molecule has 78 heavy (non-hydrogen) atoms. The second-order valence-corrected chi connectivity index (χ2v) is 27.9. The number of rotatable bonds is 11. The molecule has 0 aliphatic rings. The summed E-state index contributed by atoms with van der Waals surface area (Å²) < 4.78 is 38.9. The van der Waals surface area contributed by atoms with Gasteiger partial charge in [-0.25, -0.2) is 8.78 Å². The predicted molar refractivity (Wildman–Crippen MR) is 324 cm³/mol. The van der Waals surface area contributed by atoms with E-state index >= 15 is 0 Å². The van der Waals surface area contributed by atoms with E-state index in [-0.39, 0.29) is 11.6 Å². The van der Waals surface area contributed by atoms with E-state index in [9.17, 15) is 8.78 Å². The van der Waals surface area contributed by atoms with E-state index in [1.165, 1.54) is 41.8 Å². The zero-order chi connectivity index (χ0) is 52.2. The molecule has 0 saturated carbocycles. The van der Waals surface area contributed by atoms with Gasteiger partial charge in [0.2, 0.25) is 0 Å². The summed E-state index contributed by atoms with van der Waals surface area (Å²) in [7, 11) is 0. The van der Waals surface area contributed by atoms with Crippen molar-refractivity contribution in [2.75, 3.05) is 4.90 Å². The molecule has 12 aromatic carbocycles. The Hall–Kier alpha value is -9.56. The fourth-order valence-corrected chi connectivity index (χ4v) is 22.0. The number of halogens is 2. The van der Waals surface area contributed by atoms with Gasteiger partial charge in [0.25, 0.3) is 0 Å². The molecule has 0 unspecified atom stereocenters. The molecule has 0 bridgehead atoms. The van der Waals surface area contributed by atoms with Crippen LogP contribution in [-0.4, -0.2) is 22.4 Å². The minimum Gasteiger partial charge on any atom is -0.0359 e. The van der Waals surface area contributed by atoms with Gasteiger partial charge in [0.05, 0.1) is 11.0 Å². The summed E-state index contributed by atoms with van der Waals surface area (Å²) in [5, 5.41) is 4.34. The number of fused-ring (bicyclic) bond motifs is 6. The van der Waals surface area contributed by atoms with Crippen molar-refractivity contribution in [1.29, 1.82) is 0 Å². The third-order valence-corrected chi connectivity index (χ3v) is 25.7. The average Bonchev–Trinajstić information content (AvgIpc) is 4.17. The molecule has 0 fully saturated rings. The number of nitrogens with zero attached hydrogens (tertiary/aromatic N) is 3. The summed E-state index contributed by atoms with van der Waals surface area (Å²) in [6.45, 7) is 0. The van der Waals surface area contributed by atoms with E-state index in [1.807, 2.05) is 30.3 Å². The van der Waals surface area contributed by atoms with Crippen molar-refractivity contribution < 1.29 is 8.78 Å². The molecule has 14 rings (SSSR count). The molecule has 0 saturated heterocycles. The minimum atomic E-state index is -3.49. The quantitative estimate of drug-likeness (QED) is 0.118. The largest absolute Gasteiger partial charge is 0.0542 e. The van der Waals surface area contributed by atoms with Crippen LogP contribution in [0.15, 0.2) is 297 Å². The van der Waals surface area contributed by atoms with Gasteiger partial charge in [-0.05, 0) is 71.8 Å². The van der Waals surface area contributed by atoms with E-state index in [1.54, 1.807) is 0 Å². The van der Waals surface area contributed by atoms with Crippen molar-refractivity contribution in [3.63, 3.8) is 0 Å². The van der Waals surface area contributed by atoms with Gasteiger partial charge in [0, 0.05) is 16.5 Å². The molecule has 0 N–H and O–H groups in total. The van der Waals surface area contributed by atoms with Gasteiger partial charge in [0.1, 0.15) is 11.6 Å². The Balaban J connectivity index is 0.950. The van der Waals surface area contributed by atoms with Gasteiger partial charge in [-0.3, -0.25) is 0 Å². The summed E-state index contributed by atoms with van der Waals surface area (Å²) in [4.78, 5) is 2.34. The van der Waals surface area contributed by atoms with Gasteiger partial charge in [-0.2, -0.15) is 0 Å². The van der Waals surface area contributed by atoms with Gasteiger partial charge < -0.3 is 4.57 Å². The van der Waals surface area contributed by atoms with Gasteiger partial charge in [0.15, 0.2) is 0 Å². The van der Waals surface area contributed by atoms with Crippen LogP contribution in [0, 0.1) is 11.6 Å². The van der Waals surface area contributed by atoms with Crippen LogP contribution < -0.4 is 22.5 Å². The molecule has 2 aromatic heterocycles. The fourth-order valence-electron chi connectivity index (χ4n) is 12.0. The van der Waals surface area contributed by atoms with E-state index in [0.717, 1.165) is 94.3 Å².